The topological polar surface area (TPSA) is 50.7 Å². The van der Waals surface area contributed by atoms with Crippen molar-refractivity contribution in [1.29, 1.82) is 0 Å². The van der Waals surface area contributed by atoms with Crippen LogP contribution in [0.4, 0.5) is 10.1 Å². The SMILES string of the molecule is CCc1ccc(NC(=O)CO/N=C\c2ccccc2F)cc1. The molecule has 0 fully saturated rings. The van der Waals surface area contributed by atoms with Gasteiger partial charge in [0.1, 0.15) is 5.82 Å². The summed E-state index contributed by atoms with van der Waals surface area (Å²) in [5.41, 5.74) is 2.20. The van der Waals surface area contributed by atoms with Gasteiger partial charge in [0.2, 0.25) is 0 Å². The summed E-state index contributed by atoms with van der Waals surface area (Å²) in [5, 5.41) is 6.28. The number of amides is 1. The van der Waals surface area contributed by atoms with Gasteiger partial charge in [-0.05, 0) is 30.2 Å². The van der Waals surface area contributed by atoms with E-state index in [4.69, 9.17) is 4.84 Å². The molecule has 5 heteroatoms. The zero-order valence-electron chi connectivity index (χ0n) is 12.3. The minimum Gasteiger partial charge on any atom is -0.386 e. The molecular weight excluding hydrogens is 283 g/mol. The molecule has 114 valence electrons. The molecule has 0 atom stereocenters. The number of benzene rings is 2. The molecule has 0 bridgehead atoms. The third-order valence-electron chi connectivity index (χ3n) is 3.01. The highest BCUT2D eigenvalue weighted by molar-refractivity contribution is 5.91. The molecule has 2 rings (SSSR count). The number of nitrogens with zero attached hydrogens (tertiary/aromatic N) is 1. The van der Waals surface area contributed by atoms with Gasteiger partial charge in [-0.15, -0.1) is 0 Å². The molecule has 0 saturated heterocycles. The van der Waals surface area contributed by atoms with Crippen molar-refractivity contribution in [2.24, 2.45) is 5.16 Å². The first-order chi connectivity index (χ1) is 10.7. The number of hydrogen-bond acceptors (Lipinski definition) is 3. The van der Waals surface area contributed by atoms with Crippen molar-refractivity contribution in [3.8, 4) is 0 Å². The molecule has 1 amide bonds. The second-order valence-corrected chi connectivity index (χ2v) is 4.63. The Hall–Kier alpha value is -2.69. The molecule has 0 saturated carbocycles. The quantitative estimate of drug-likeness (QED) is 0.657. The lowest BCUT2D eigenvalue weighted by molar-refractivity contribution is -0.120. The molecule has 0 aliphatic carbocycles. The van der Waals surface area contributed by atoms with Gasteiger partial charge in [0, 0.05) is 11.3 Å². The Kier molecular flexibility index (Phi) is 5.65. The molecule has 2 aromatic rings. The Morgan fingerprint density at radius 2 is 1.95 bits per heavy atom. The summed E-state index contributed by atoms with van der Waals surface area (Å²) >= 11 is 0. The molecule has 4 nitrogen and oxygen atoms in total. The molecule has 2 aromatic carbocycles. The number of rotatable bonds is 6. The van der Waals surface area contributed by atoms with Gasteiger partial charge in [-0.25, -0.2) is 4.39 Å². The normalized spacial score (nSPS) is 10.6. The first-order valence-corrected chi connectivity index (χ1v) is 6.97. The number of anilines is 1. The van der Waals surface area contributed by atoms with E-state index in [0.717, 1.165) is 6.42 Å². The van der Waals surface area contributed by atoms with Gasteiger partial charge < -0.3 is 10.2 Å². The molecule has 0 aliphatic rings. The van der Waals surface area contributed by atoms with Gasteiger partial charge in [0.05, 0.1) is 6.21 Å². The van der Waals surface area contributed by atoms with E-state index in [2.05, 4.69) is 17.4 Å². The van der Waals surface area contributed by atoms with E-state index in [-0.39, 0.29) is 12.5 Å². The third-order valence-corrected chi connectivity index (χ3v) is 3.01. The Labute approximate surface area is 128 Å². The maximum atomic E-state index is 13.3. The Balaban J connectivity index is 1.79. The molecule has 0 spiro atoms. The predicted octanol–water partition coefficient (Wildman–Crippen LogP) is 3.38. The average molecular weight is 300 g/mol. The van der Waals surface area contributed by atoms with Gasteiger partial charge in [-0.2, -0.15) is 0 Å². The minimum absolute atomic E-state index is 0.236. The summed E-state index contributed by atoms with van der Waals surface area (Å²) in [6.45, 7) is 1.83. The van der Waals surface area contributed by atoms with Crippen LogP contribution in [0, 0.1) is 5.82 Å². The fourth-order valence-corrected chi connectivity index (χ4v) is 1.79. The van der Waals surface area contributed by atoms with E-state index in [0.29, 0.717) is 11.3 Å². The molecule has 22 heavy (non-hydrogen) atoms. The van der Waals surface area contributed by atoms with Gasteiger partial charge in [0.15, 0.2) is 6.61 Å². The van der Waals surface area contributed by atoms with E-state index in [1.807, 2.05) is 24.3 Å². The van der Waals surface area contributed by atoms with Crippen molar-refractivity contribution < 1.29 is 14.0 Å². The van der Waals surface area contributed by atoms with Gasteiger partial charge in [-0.1, -0.05) is 42.4 Å². The van der Waals surface area contributed by atoms with Crippen LogP contribution in [0.25, 0.3) is 0 Å². The van der Waals surface area contributed by atoms with Crippen molar-refractivity contribution in [2.45, 2.75) is 13.3 Å². The van der Waals surface area contributed by atoms with Crippen LogP contribution in [-0.2, 0) is 16.1 Å². The van der Waals surface area contributed by atoms with Crippen LogP contribution in [-0.4, -0.2) is 18.7 Å². The van der Waals surface area contributed by atoms with Crippen molar-refractivity contribution in [2.75, 3.05) is 11.9 Å². The van der Waals surface area contributed by atoms with Crippen LogP contribution in [0.2, 0.25) is 0 Å². The largest absolute Gasteiger partial charge is 0.386 e. The number of carbonyl (C=O) groups is 1. The smallest absolute Gasteiger partial charge is 0.265 e. The fourth-order valence-electron chi connectivity index (χ4n) is 1.79. The third kappa shape index (κ3) is 4.70. The zero-order chi connectivity index (χ0) is 15.8. The predicted molar refractivity (Wildman–Crippen MR) is 84.4 cm³/mol. The second kappa shape index (κ2) is 7.93. The van der Waals surface area contributed by atoms with Crippen molar-refractivity contribution >= 4 is 17.8 Å². The summed E-state index contributed by atoms with van der Waals surface area (Å²) in [7, 11) is 0. The molecule has 0 unspecified atom stereocenters. The first kappa shape index (κ1) is 15.7. The van der Waals surface area contributed by atoms with Gasteiger partial charge in [0.25, 0.3) is 5.91 Å². The van der Waals surface area contributed by atoms with Crippen LogP contribution in [0.5, 0.6) is 0 Å². The number of carbonyl (C=O) groups excluding carboxylic acids is 1. The summed E-state index contributed by atoms with van der Waals surface area (Å²) in [6, 6.07) is 13.7. The van der Waals surface area contributed by atoms with Gasteiger partial charge >= 0.3 is 0 Å². The molecule has 0 aliphatic heterocycles. The van der Waals surface area contributed by atoms with Crippen molar-refractivity contribution in [1.82, 2.24) is 0 Å². The highest BCUT2D eigenvalue weighted by atomic mass is 19.1. The van der Waals surface area contributed by atoms with Crippen LogP contribution in [0.1, 0.15) is 18.1 Å². The average Bonchev–Trinajstić information content (AvgIpc) is 2.54. The highest BCUT2D eigenvalue weighted by Crippen LogP contribution is 2.09. The highest BCUT2D eigenvalue weighted by Gasteiger charge is 2.02. The van der Waals surface area contributed by atoms with E-state index in [9.17, 15) is 9.18 Å². The maximum Gasteiger partial charge on any atom is 0.265 e. The van der Waals surface area contributed by atoms with Crippen LogP contribution in [0.15, 0.2) is 53.7 Å². The lowest BCUT2D eigenvalue weighted by Crippen LogP contribution is -2.16. The number of hydrogen-bond donors (Lipinski definition) is 1. The van der Waals surface area contributed by atoms with Crippen LogP contribution >= 0.6 is 0 Å². The Morgan fingerprint density at radius 3 is 2.64 bits per heavy atom. The zero-order valence-corrected chi connectivity index (χ0v) is 12.3. The summed E-state index contributed by atoms with van der Waals surface area (Å²) < 4.78 is 13.3. The molecule has 0 aromatic heterocycles. The summed E-state index contributed by atoms with van der Waals surface area (Å²) in [4.78, 5) is 16.5. The summed E-state index contributed by atoms with van der Waals surface area (Å²) in [5.74, 6) is -0.717. The maximum absolute atomic E-state index is 13.3. The lowest BCUT2D eigenvalue weighted by Gasteiger charge is -2.05. The lowest BCUT2D eigenvalue weighted by atomic mass is 10.1. The molecular formula is C17H17FN2O2. The van der Waals surface area contributed by atoms with Gasteiger partial charge in [-0.3, -0.25) is 4.79 Å². The Bertz CT molecular complexity index is 654. The molecule has 0 radical (unpaired) electrons. The number of halogens is 1. The first-order valence-electron chi connectivity index (χ1n) is 6.97. The van der Waals surface area contributed by atoms with Crippen molar-refractivity contribution in [3.05, 3.63) is 65.5 Å². The van der Waals surface area contributed by atoms with E-state index < -0.39 is 5.82 Å². The van der Waals surface area contributed by atoms with E-state index >= 15 is 0 Å². The number of aryl methyl sites for hydroxylation is 1. The molecule has 1 N–H and O–H groups in total. The van der Waals surface area contributed by atoms with E-state index in [1.165, 1.54) is 17.8 Å². The second-order valence-electron chi connectivity index (χ2n) is 4.63. The minimum atomic E-state index is -0.393. The number of nitrogens with one attached hydrogen (secondary N) is 1. The number of oxime groups is 1. The van der Waals surface area contributed by atoms with Crippen LogP contribution < -0.4 is 5.32 Å². The standard InChI is InChI=1S/C17H17FN2O2/c1-2-13-7-9-15(10-8-13)20-17(21)12-22-19-11-14-5-3-4-6-16(14)18/h3-11H,2,12H2,1H3,(H,20,21)/b19-11-. The Morgan fingerprint density at radius 1 is 1.23 bits per heavy atom. The fraction of sp³-hybridized carbons (Fsp3) is 0.176. The van der Waals surface area contributed by atoms with E-state index in [1.54, 1.807) is 18.2 Å². The monoisotopic (exact) mass is 300 g/mol. The summed E-state index contributed by atoms with van der Waals surface area (Å²) in [6.07, 6.45) is 2.18. The van der Waals surface area contributed by atoms with Crippen molar-refractivity contribution in [3.63, 3.8) is 0 Å². The van der Waals surface area contributed by atoms with Crippen LogP contribution in [0.3, 0.4) is 0 Å². The molecule has 0 heterocycles.